The van der Waals surface area contributed by atoms with Crippen molar-refractivity contribution in [2.45, 2.75) is 99.4 Å². The summed E-state index contributed by atoms with van der Waals surface area (Å²) in [5, 5.41) is 0. The van der Waals surface area contributed by atoms with Crippen LogP contribution in [-0.2, 0) is 0 Å². The van der Waals surface area contributed by atoms with E-state index in [1.807, 2.05) is 0 Å². The monoisotopic (exact) mass is 414 g/mol. The van der Waals surface area contributed by atoms with E-state index < -0.39 is 18.4 Å². The van der Waals surface area contributed by atoms with E-state index in [0.29, 0.717) is 6.04 Å². The van der Waals surface area contributed by atoms with E-state index in [1.165, 1.54) is 57.7 Å². The Morgan fingerprint density at radius 3 is 1.77 bits per heavy atom. The first-order valence-electron chi connectivity index (χ1n) is 9.56. The molecular formula is C19H38N2Sn. The molecule has 0 saturated heterocycles. The summed E-state index contributed by atoms with van der Waals surface area (Å²) >= 11 is -2.32. The molecule has 0 N–H and O–H groups in total. The minimum absolute atomic E-state index is 0.554. The standard InChI is InChI=1S/C7H11N2.3C4H9.Sn/c1-6(2)9-5-4-8-7(9)3;3*1-3-4-2;/h4,6H,1-3H3;3*1,3-4H2,2H3;. The zero-order chi connectivity index (χ0) is 16.6. The third-order valence-electron chi connectivity index (χ3n) is 5.07. The van der Waals surface area contributed by atoms with Crippen LogP contribution < -0.4 is 3.71 Å². The molecule has 0 aliphatic rings. The molecule has 1 aromatic rings. The number of nitrogens with zero attached hydrogens (tertiary/aromatic N) is 2. The van der Waals surface area contributed by atoms with Gasteiger partial charge in [-0.1, -0.05) is 0 Å². The maximum absolute atomic E-state index is 4.74. The fourth-order valence-electron chi connectivity index (χ4n) is 3.80. The quantitative estimate of drug-likeness (QED) is 0.418. The van der Waals surface area contributed by atoms with E-state index in [-0.39, 0.29) is 0 Å². The molecule has 0 spiro atoms. The summed E-state index contributed by atoms with van der Waals surface area (Å²) in [5.74, 6) is 1.23. The molecule has 0 saturated carbocycles. The van der Waals surface area contributed by atoms with Crippen LogP contribution in [-0.4, -0.2) is 27.9 Å². The van der Waals surface area contributed by atoms with Gasteiger partial charge in [-0.25, -0.2) is 0 Å². The second-order valence-corrected chi connectivity index (χ2v) is 20.3. The summed E-state index contributed by atoms with van der Waals surface area (Å²) in [6, 6.07) is 0.554. The fourth-order valence-corrected chi connectivity index (χ4v) is 20.6. The Bertz CT molecular complexity index is 401. The second kappa shape index (κ2) is 9.99. The predicted molar refractivity (Wildman–Crippen MR) is 102 cm³/mol. The Morgan fingerprint density at radius 1 is 0.955 bits per heavy atom. The van der Waals surface area contributed by atoms with Crippen molar-refractivity contribution < 1.29 is 0 Å². The fraction of sp³-hybridized carbons (Fsp3) is 0.842. The Labute approximate surface area is 143 Å². The molecule has 0 aromatic carbocycles. The average Bonchev–Trinajstić information content (AvgIpc) is 2.89. The molecule has 128 valence electrons. The van der Waals surface area contributed by atoms with E-state index in [1.54, 1.807) is 3.71 Å². The van der Waals surface area contributed by atoms with Crippen molar-refractivity contribution in [1.29, 1.82) is 0 Å². The van der Waals surface area contributed by atoms with Crippen molar-refractivity contribution in [3.8, 4) is 0 Å². The summed E-state index contributed by atoms with van der Waals surface area (Å²) in [5.41, 5.74) is 0. The first-order chi connectivity index (χ1) is 10.5. The van der Waals surface area contributed by atoms with Crippen LogP contribution in [0.3, 0.4) is 0 Å². The molecule has 3 heteroatoms. The second-order valence-electron chi connectivity index (χ2n) is 7.25. The van der Waals surface area contributed by atoms with Gasteiger partial charge < -0.3 is 0 Å². The third-order valence-corrected chi connectivity index (χ3v) is 20.4. The van der Waals surface area contributed by atoms with Crippen LogP contribution in [0.1, 0.15) is 85.0 Å². The van der Waals surface area contributed by atoms with E-state index >= 15 is 0 Å². The van der Waals surface area contributed by atoms with E-state index in [0.717, 1.165) is 0 Å². The van der Waals surface area contributed by atoms with Gasteiger partial charge in [0.15, 0.2) is 0 Å². The number of unbranched alkanes of at least 4 members (excludes halogenated alkanes) is 3. The zero-order valence-electron chi connectivity index (χ0n) is 15.9. The van der Waals surface area contributed by atoms with E-state index in [2.05, 4.69) is 52.3 Å². The van der Waals surface area contributed by atoms with Crippen LogP contribution in [0.15, 0.2) is 6.20 Å². The van der Waals surface area contributed by atoms with Crippen LogP contribution in [0.2, 0.25) is 13.3 Å². The Hall–Kier alpha value is 0.00870. The Morgan fingerprint density at radius 2 is 1.41 bits per heavy atom. The molecule has 1 rings (SSSR count). The maximum atomic E-state index is 4.74. The van der Waals surface area contributed by atoms with Gasteiger partial charge in [0.2, 0.25) is 0 Å². The van der Waals surface area contributed by atoms with Gasteiger partial charge in [0.1, 0.15) is 0 Å². The van der Waals surface area contributed by atoms with Crippen LogP contribution in [0.25, 0.3) is 0 Å². The minimum atomic E-state index is -2.32. The van der Waals surface area contributed by atoms with Gasteiger partial charge in [0, 0.05) is 0 Å². The molecule has 1 heterocycles. The number of aryl methyl sites for hydroxylation is 1. The van der Waals surface area contributed by atoms with Gasteiger partial charge in [-0.2, -0.15) is 0 Å². The molecule has 0 radical (unpaired) electrons. The Balaban J connectivity index is 3.25. The van der Waals surface area contributed by atoms with Gasteiger partial charge in [-0.05, 0) is 0 Å². The van der Waals surface area contributed by atoms with Gasteiger partial charge in [0.25, 0.3) is 0 Å². The number of aromatic nitrogens is 2. The molecule has 0 bridgehead atoms. The number of imidazole rings is 1. The molecule has 1 aromatic heterocycles. The van der Waals surface area contributed by atoms with Crippen LogP contribution in [0.4, 0.5) is 0 Å². The van der Waals surface area contributed by atoms with Crippen LogP contribution in [0, 0.1) is 6.92 Å². The third kappa shape index (κ3) is 5.00. The first-order valence-corrected chi connectivity index (χ1v) is 17.0. The molecular weight excluding hydrogens is 375 g/mol. The average molecular weight is 413 g/mol. The van der Waals surface area contributed by atoms with Gasteiger partial charge in [0.05, 0.1) is 0 Å². The molecule has 22 heavy (non-hydrogen) atoms. The molecule has 0 aliphatic carbocycles. The molecule has 0 amide bonds. The topological polar surface area (TPSA) is 17.8 Å². The van der Waals surface area contributed by atoms with Gasteiger partial charge in [-0.3, -0.25) is 0 Å². The summed E-state index contributed by atoms with van der Waals surface area (Å²) in [6.07, 6.45) is 10.6. The first kappa shape index (κ1) is 20.1. The van der Waals surface area contributed by atoms with Crippen molar-refractivity contribution in [2.24, 2.45) is 0 Å². The van der Waals surface area contributed by atoms with Gasteiger partial charge >= 0.3 is 143 Å². The number of rotatable bonds is 11. The SMILES string of the molecule is CCC[CH2][Sn]([CH2]CCC)([CH2]CCC)[c]1cnc(C)n1C(C)C. The van der Waals surface area contributed by atoms with Crippen LogP contribution in [0.5, 0.6) is 0 Å². The van der Waals surface area contributed by atoms with Gasteiger partial charge in [-0.15, -0.1) is 0 Å². The summed E-state index contributed by atoms with van der Waals surface area (Å²) in [4.78, 5) is 4.74. The molecule has 0 unspecified atom stereocenters. The molecule has 2 nitrogen and oxygen atoms in total. The van der Waals surface area contributed by atoms with Crippen molar-refractivity contribution in [3.05, 3.63) is 12.0 Å². The molecule has 0 fully saturated rings. The summed E-state index contributed by atoms with van der Waals surface area (Å²) < 4.78 is 8.91. The predicted octanol–water partition coefficient (Wildman–Crippen LogP) is 5.83. The molecule has 0 aliphatic heterocycles. The van der Waals surface area contributed by atoms with Crippen molar-refractivity contribution >= 4 is 22.1 Å². The molecule has 0 atom stereocenters. The Kier molecular flexibility index (Phi) is 9.11. The zero-order valence-corrected chi connectivity index (χ0v) is 18.8. The van der Waals surface area contributed by atoms with Crippen molar-refractivity contribution in [3.63, 3.8) is 0 Å². The van der Waals surface area contributed by atoms with E-state index in [9.17, 15) is 0 Å². The summed E-state index contributed by atoms with van der Waals surface area (Å²) in [7, 11) is 0. The van der Waals surface area contributed by atoms with Crippen LogP contribution >= 0.6 is 0 Å². The normalized spacial score (nSPS) is 12.3. The number of hydrogen-bond donors (Lipinski definition) is 0. The van der Waals surface area contributed by atoms with Crippen molar-refractivity contribution in [2.75, 3.05) is 0 Å². The summed E-state index contributed by atoms with van der Waals surface area (Å²) in [6.45, 7) is 13.9. The van der Waals surface area contributed by atoms with Crippen molar-refractivity contribution in [1.82, 2.24) is 9.55 Å². The number of hydrogen-bond acceptors (Lipinski definition) is 1. The van der Waals surface area contributed by atoms with E-state index in [4.69, 9.17) is 4.98 Å².